The van der Waals surface area contributed by atoms with Crippen LogP contribution in [0.15, 0.2) is 28.7 Å². The van der Waals surface area contributed by atoms with Crippen molar-refractivity contribution in [3.05, 3.63) is 34.3 Å². The maximum Gasteiger partial charge on any atom is 0.0582 e. The number of aliphatic hydroxyl groups is 1. The molecule has 0 unspecified atom stereocenters. The zero-order valence-corrected chi connectivity index (χ0v) is 8.79. The molecule has 1 saturated carbocycles. The lowest BCUT2D eigenvalue weighted by atomic mass is 9.71. The van der Waals surface area contributed by atoms with Crippen molar-refractivity contribution in [1.82, 2.24) is 0 Å². The molecule has 2 nitrogen and oxygen atoms in total. The second-order valence-electron chi connectivity index (χ2n) is 3.73. The van der Waals surface area contributed by atoms with Gasteiger partial charge in [-0.1, -0.05) is 28.1 Å². The predicted octanol–water partition coefficient (Wildman–Crippen LogP) is 1.76. The number of halogens is 1. The lowest BCUT2D eigenvalue weighted by Crippen LogP contribution is -2.51. The average molecular weight is 242 g/mol. The third-order valence-corrected chi connectivity index (χ3v) is 3.15. The molecular formula is C10H12BrNO. The van der Waals surface area contributed by atoms with Gasteiger partial charge in [0.1, 0.15) is 0 Å². The Kier molecular flexibility index (Phi) is 2.18. The number of nitrogens with two attached hydrogens (primary N) is 1. The number of hydrogen-bond acceptors (Lipinski definition) is 2. The Hall–Kier alpha value is -0.380. The van der Waals surface area contributed by atoms with Gasteiger partial charge in [0.05, 0.1) is 6.10 Å². The van der Waals surface area contributed by atoms with Gasteiger partial charge in [0.25, 0.3) is 0 Å². The van der Waals surface area contributed by atoms with E-state index < -0.39 is 0 Å². The van der Waals surface area contributed by atoms with Gasteiger partial charge in [-0.2, -0.15) is 0 Å². The third-order valence-electron chi connectivity index (χ3n) is 2.62. The van der Waals surface area contributed by atoms with Gasteiger partial charge in [-0.25, -0.2) is 0 Å². The van der Waals surface area contributed by atoms with Crippen molar-refractivity contribution < 1.29 is 5.11 Å². The van der Waals surface area contributed by atoms with Crippen molar-refractivity contribution in [2.75, 3.05) is 0 Å². The molecule has 0 atom stereocenters. The normalized spacial score (nSPS) is 32.7. The summed E-state index contributed by atoms with van der Waals surface area (Å²) in [6, 6.07) is 7.98. The molecule has 1 fully saturated rings. The Balaban J connectivity index is 2.22. The quantitative estimate of drug-likeness (QED) is 0.788. The van der Waals surface area contributed by atoms with Crippen molar-refractivity contribution in [3.8, 4) is 0 Å². The molecule has 13 heavy (non-hydrogen) atoms. The largest absolute Gasteiger partial charge is 0.393 e. The van der Waals surface area contributed by atoms with E-state index in [0.717, 1.165) is 10.0 Å². The first-order valence-electron chi connectivity index (χ1n) is 4.33. The molecule has 70 valence electrons. The molecule has 1 aromatic rings. The van der Waals surface area contributed by atoms with Crippen LogP contribution in [-0.4, -0.2) is 11.2 Å². The Morgan fingerprint density at radius 1 is 1.31 bits per heavy atom. The minimum Gasteiger partial charge on any atom is -0.393 e. The van der Waals surface area contributed by atoms with Crippen LogP contribution < -0.4 is 5.73 Å². The third kappa shape index (κ3) is 1.64. The zero-order valence-electron chi connectivity index (χ0n) is 7.20. The van der Waals surface area contributed by atoms with Gasteiger partial charge in [0.2, 0.25) is 0 Å². The van der Waals surface area contributed by atoms with E-state index in [2.05, 4.69) is 15.9 Å². The molecule has 1 aromatic carbocycles. The summed E-state index contributed by atoms with van der Waals surface area (Å²) in [5.41, 5.74) is 6.91. The first kappa shape index (κ1) is 9.19. The fourth-order valence-electron chi connectivity index (χ4n) is 1.80. The number of benzene rings is 1. The van der Waals surface area contributed by atoms with Gasteiger partial charge in [-0.3, -0.25) is 0 Å². The van der Waals surface area contributed by atoms with Crippen LogP contribution in [0.5, 0.6) is 0 Å². The van der Waals surface area contributed by atoms with Crippen LogP contribution in [0.4, 0.5) is 0 Å². The predicted molar refractivity (Wildman–Crippen MR) is 55.2 cm³/mol. The summed E-state index contributed by atoms with van der Waals surface area (Å²) < 4.78 is 1.06. The van der Waals surface area contributed by atoms with Crippen molar-refractivity contribution in [3.63, 3.8) is 0 Å². The van der Waals surface area contributed by atoms with Crippen LogP contribution in [0.1, 0.15) is 18.4 Å². The van der Waals surface area contributed by atoms with Gasteiger partial charge >= 0.3 is 0 Å². The van der Waals surface area contributed by atoms with Gasteiger partial charge in [0, 0.05) is 10.0 Å². The molecule has 3 heteroatoms. The Bertz CT molecular complexity index is 303. The fraction of sp³-hybridized carbons (Fsp3) is 0.400. The van der Waals surface area contributed by atoms with Crippen molar-refractivity contribution in [2.24, 2.45) is 5.73 Å². The van der Waals surface area contributed by atoms with E-state index >= 15 is 0 Å². The van der Waals surface area contributed by atoms with Gasteiger partial charge < -0.3 is 10.8 Å². The zero-order chi connectivity index (χ0) is 9.47. The monoisotopic (exact) mass is 241 g/mol. The number of aliphatic hydroxyl groups excluding tert-OH is 1. The summed E-state index contributed by atoms with van der Waals surface area (Å²) in [6.45, 7) is 0. The molecule has 0 aliphatic heterocycles. The maximum atomic E-state index is 9.21. The first-order chi connectivity index (χ1) is 6.10. The minimum atomic E-state index is -0.292. The highest BCUT2D eigenvalue weighted by atomic mass is 79.9. The van der Waals surface area contributed by atoms with Crippen molar-refractivity contribution in [2.45, 2.75) is 24.5 Å². The molecule has 0 saturated heterocycles. The van der Waals surface area contributed by atoms with Crippen LogP contribution in [0.3, 0.4) is 0 Å². The number of rotatable bonds is 1. The van der Waals surface area contributed by atoms with Gasteiger partial charge in [0.15, 0.2) is 0 Å². The highest BCUT2D eigenvalue weighted by molar-refractivity contribution is 9.10. The molecular weight excluding hydrogens is 230 g/mol. The Labute approximate surface area is 85.9 Å². The van der Waals surface area contributed by atoms with Gasteiger partial charge in [-0.05, 0) is 30.5 Å². The topological polar surface area (TPSA) is 46.2 Å². The highest BCUT2D eigenvalue weighted by Gasteiger charge is 2.41. The Morgan fingerprint density at radius 3 is 2.31 bits per heavy atom. The summed E-state index contributed by atoms with van der Waals surface area (Å²) in [6.07, 6.45) is 1.14. The second kappa shape index (κ2) is 3.08. The van der Waals surface area contributed by atoms with Gasteiger partial charge in [-0.15, -0.1) is 0 Å². The van der Waals surface area contributed by atoms with Crippen LogP contribution in [0, 0.1) is 0 Å². The molecule has 0 spiro atoms. The van der Waals surface area contributed by atoms with E-state index in [0.29, 0.717) is 12.8 Å². The van der Waals surface area contributed by atoms with E-state index in [-0.39, 0.29) is 11.6 Å². The summed E-state index contributed by atoms with van der Waals surface area (Å²) in [5, 5.41) is 9.21. The van der Waals surface area contributed by atoms with E-state index in [9.17, 15) is 5.11 Å². The molecule has 0 radical (unpaired) electrons. The lowest BCUT2D eigenvalue weighted by molar-refractivity contribution is 0.0209. The van der Waals surface area contributed by atoms with Crippen LogP contribution in [-0.2, 0) is 5.54 Å². The van der Waals surface area contributed by atoms with E-state index in [1.165, 1.54) is 0 Å². The van der Waals surface area contributed by atoms with Crippen LogP contribution in [0.2, 0.25) is 0 Å². The highest BCUT2D eigenvalue weighted by Crippen LogP contribution is 2.39. The molecule has 0 aromatic heterocycles. The van der Waals surface area contributed by atoms with E-state index in [1.54, 1.807) is 0 Å². The molecule has 3 N–H and O–H groups in total. The SMILES string of the molecule is NC1(c2ccc(Br)cc2)CC(O)C1. The summed E-state index contributed by atoms with van der Waals surface area (Å²) in [5.74, 6) is 0. The average Bonchev–Trinajstić information content (AvgIpc) is 2.03. The minimum absolute atomic E-state index is 0.214. The van der Waals surface area contributed by atoms with Crippen LogP contribution >= 0.6 is 15.9 Å². The second-order valence-corrected chi connectivity index (χ2v) is 4.64. The summed E-state index contributed by atoms with van der Waals surface area (Å²) in [4.78, 5) is 0. The Morgan fingerprint density at radius 2 is 1.85 bits per heavy atom. The van der Waals surface area contributed by atoms with Crippen LogP contribution in [0.25, 0.3) is 0 Å². The van der Waals surface area contributed by atoms with E-state index in [4.69, 9.17) is 5.73 Å². The summed E-state index contributed by atoms with van der Waals surface area (Å²) >= 11 is 3.37. The molecule has 0 bridgehead atoms. The molecule has 1 aliphatic rings. The fourth-order valence-corrected chi connectivity index (χ4v) is 2.06. The van der Waals surface area contributed by atoms with E-state index in [1.807, 2.05) is 24.3 Å². The smallest absolute Gasteiger partial charge is 0.0582 e. The number of hydrogen-bond donors (Lipinski definition) is 2. The first-order valence-corrected chi connectivity index (χ1v) is 5.12. The standard InChI is InChI=1S/C10H12BrNO/c11-8-3-1-7(2-4-8)10(12)5-9(13)6-10/h1-4,9,13H,5-6,12H2. The van der Waals surface area contributed by atoms with Crippen molar-refractivity contribution in [1.29, 1.82) is 0 Å². The molecule has 0 amide bonds. The lowest BCUT2D eigenvalue weighted by Gasteiger charge is -2.42. The molecule has 2 rings (SSSR count). The van der Waals surface area contributed by atoms with Crippen molar-refractivity contribution >= 4 is 15.9 Å². The molecule has 1 aliphatic carbocycles. The maximum absolute atomic E-state index is 9.21. The molecule has 0 heterocycles. The summed E-state index contributed by atoms with van der Waals surface area (Å²) in [7, 11) is 0.